The van der Waals surface area contributed by atoms with Gasteiger partial charge in [-0.1, -0.05) is 23.7 Å². The number of halogens is 4. The lowest BCUT2D eigenvalue weighted by Gasteiger charge is -2.14. The van der Waals surface area contributed by atoms with Gasteiger partial charge in [-0.25, -0.2) is 4.79 Å². The number of hydrogen-bond donors (Lipinski definition) is 2. The minimum Gasteiger partial charge on any atom is -0.308 e. The summed E-state index contributed by atoms with van der Waals surface area (Å²) >= 11 is 7.41. The van der Waals surface area contributed by atoms with Crippen LogP contribution in [0.2, 0.25) is 5.02 Å². The van der Waals surface area contributed by atoms with Crippen LogP contribution in [0, 0.1) is 0 Å². The fraction of sp³-hybridized carbons (Fsp3) is 0.160. The Morgan fingerprint density at radius 3 is 2.50 bits per heavy atom. The lowest BCUT2D eigenvalue weighted by molar-refractivity contribution is -0.137. The molecule has 0 unspecified atom stereocenters. The number of rotatable bonds is 4. The number of aryl methyl sites for hydroxylation is 1. The van der Waals surface area contributed by atoms with Crippen molar-refractivity contribution in [1.29, 1.82) is 0 Å². The van der Waals surface area contributed by atoms with Gasteiger partial charge in [0.1, 0.15) is 10.7 Å². The number of anilines is 2. The Morgan fingerprint density at radius 1 is 1.00 bits per heavy atom. The highest BCUT2D eigenvalue weighted by atomic mass is 35.5. The van der Waals surface area contributed by atoms with Crippen LogP contribution < -0.4 is 10.6 Å². The average Bonchev–Trinajstić information content (AvgIpc) is 3.25. The van der Waals surface area contributed by atoms with Gasteiger partial charge < -0.3 is 10.6 Å². The molecule has 0 radical (unpaired) electrons. The minimum absolute atomic E-state index is 0.0286. The first-order valence-electron chi connectivity index (χ1n) is 11.0. The van der Waals surface area contributed by atoms with E-state index < -0.39 is 22.8 Å². The van der Waals surface area contributed by atoms with Crippen LogP contribution in [-0.4, -0.2) is 26.5 Å². The number of nitrogens with one attached hydrogen (secondary N) is 2. The van der Waals surface area contributed by atoms with Crippen LogP contribution in [0.4, 0.5) is 29.3 Å². The number of thioether (sulfide) groups is 1. The Hall–Kier alpha value is -3.50. The highest BCUT2D eigenvalue weighted by Gasteiger charge is 2.33. The topological polar surface area (TPSA) is 71.8 Å². The SMILES string of the molecule is O=C(Nc1cccc(-c2nn3c(c2-c2ccncc2)SCCC3)c1)Nc1ccc(Cl)c(C(F)(F)F)c1. The normalized spacial score (nSPS) is 13.2. The van der Waals surface area contributed by atoms with Gasteiger partial charge in [-0.2, -0.15) is 18.3 Å². The van der Waals surface area contributed by atoms with Crippen molar-refractivity contribution in [2.75, 3.05) is 16.4 Å². The maximum absolute atomic E-state index is 13.1. The summed E-state index contributed by atoms with van der Waals surface area (Å²) < 4.78 is 41.4. The highest BCUT2D eigenvalue weighted by Crippen LogP contribution is 2.42. The summed E-state index contributed by atoms with van der Waals surface area (Å²) in [5.74, 6) is 1.01. The van der Waals surface area contributed by atoms with Crippen LogP contribution in [0.25, 0.3) is 22.4 Å². The van der Waals surface area contributed by atoms with Crippen molar-refractivity contribution in [3.8, 4) is 22.4 Å². The lowest BCUT2D eigenvalue weighted by atomic mass is 10.0. The van der Waals surface area contributed by atoms with Gasteiger partial charge in [-0.3, -0.25) is 9.67 Å². The van der Waals surface area contributed by atoms with Gasteiger partial charge in [0, 0.05) is 47.2 Å². The van der Waals surface area contributed by atoms with Crippen molar-refractivity contribution < 1.29 is 18.0 Å². The van der Waals surface area contributed by atoms with Crippen LogP contribution >= 0.6 is 23.4 Å². The summed E-state index contributed by atoms with van der Waals surface area (Å²) in [6, 6.07) is 13.6. The molecule has 1 aliphatic heterocycles. The van der Waals surface area contributed by atoms with Crippen LogP contribution in [0.3, 0.4) is 0 Å². The molecule has 0 spiro atoms. The lowest BCUT2D eigenvalue weighted by Crippen LogP contribution is -2.20. The van der Waals surface area contributed by atoms with Crippen LogP contribution in [-0.2, 0) is 12.7 Å². The molecule has 0 fully saturated rings. The summed E-state index contributed by atoms with van der Waals surface area (Å²) in [6.45, 7) is 0.821. The van der Waals surface area contributed by atoms with Gasteiger partial charge in [0.25, 0.3) is 0 Å². The molecule has 3 heterocycles. The highest BCUT2D eigenvalue weighted by molar-refractivity contribution is 7.99. The molecule has 2 aromatic carbocycles. The second kappa shape index (κ2) is 9.87. The molecular weight excluding hydrogens is 511 g/mol. The molecule has 0 saturated carbocycles. The van der Waals surface area contributed by atoms with E-state index in [4.69, 9.17) is 16.7 Å². The van der Waals surface area contributed by atoms with Crippen molar-refractivity contribution in [2.45, 2.75) is 24.2 Å². The zero-order valence-electron chi connectivity index (χ0n) is 18.6. The molecule has 5 rings (SSSR count). The number of carbonyl (C=O) groups is 1. The smallest absolute Gasteiger partial charge is 0.308 e. The predicted octanol–water partition coefficient (Wildman–Crippen LogP) is 7.42. The maximum atomic E-state index is 13.1. The summed E-state index contributed by atoms with van der Waals surface area (Å²) in [5, 5.41) is 10.6. The second-order valence-electron chi connectivity index (χ2n) is 8.04. The molecule has 184 valence electrons. The number of urea groups is 1. The molecule has 2 amide bonds. The largest absolute Gasteiger partial charge is 0.417 e. The Kier molecular flexibility index (Phi) is 6.63. The van der Waals surface area contributed by atoms with Crippen LogP contribution in [0.15, 0.2) is 72.0 Å². The fourth-order valence-corrected chi connectivity index (χ4v) is 5.30. The minimum atomic E-state index is -4.63. The molecule has 2 aromatic heterocycles. The van der Waals surface area contributed by atoms with Crippen molar-refractivity contribution in [3.63, 3.8) is 0 Å². The number of fused-ring (bicyclic) bond motifs is 1. The zero-order chi connectivity index (χ0) is 25.3. The average molecular weight is 530 g/mol. The number of aromatic nitrogens is 3. The molecule has 0 atom stereocenters. The Balaban J connectivity index is 1.41. The van der Waals surface area contributed by atoms with Crippen LogP contribution in [0.1, 0.15) is 12.0 Å². The standard InChI is InChI=1S/C25H19ClF3N5OS/c26-20-6-5-18(14-19(20)25(27,28)29)32-24(35)31-17-4-1-3-16(13-17)22-21(15-7-9-30-10-8-15)23-34(33-22)11-2-12-36-23/h1,3-10,13-14H,2,11-12H2,(H2,31,32,35). The number of alkyl halides is 3. The van der Waals surface area contributed by atoms with E-state index in [0.717, 1.165) is 58.3 Å². The third kappa shape index (κ3) is 5.05. The number of carbonyl (C=O) groups excluding carboxylic acids is 1. The molecule has 0 saturated heterocycles. The first-order chi connectivity index (χ1) is 17.3. The molecule has 4 aromatic rings. The van der Waals surface area contributed by atoms with Gasteiger partial charge in [-0.15, -0.1) is 11.8 Å². The van der Waals surface area contributed by atoms with Gasteiger partial charge in [0.2, 0.25) is 0 Å². The molecule has 11 heteroatoms. The van der Waals surface area contributed by atoms with Gasteiger partial charge in [0.05, 0.1) is 10.6 Å². The van der Waals surface area contributed by atoms with E-state index in [9.17, 15) is 18.0 Å². The molecule has 2 N–H and O–H groups in total. The van der Waals surface area contributed by atoms with Crippen molar-refractivity contribution in [1.82, 2.24) is 14.8 Å². The zero-order valence-corrected chi connectivity index (χ0v) is 20.2. The van der Waals surface area contributed by atoms with Crippen molar-refractivity contribution >= 4 is 40.8 Å². The van der Waals surface area contributed by atoms with E-state index in [1.165, 1.54) is 6.07 Å². The molecule has 6 nitrogen and oxygen atoms in total. The monoisotopic (exact) mass is 529 g/mol. The summed E-state index contributed by atoms with van der Waals surface area (Å²) in [4.78, 5) is 16.7. The Labute approximate surface area is 213 Å². The van der Waals surface area contributed by atoms with Crippen molar-refractivity contribution in [3.05, 3.63) is 77.6 Å². The van der Waals surface area contributed by atoms with E-state index in [1.54, 1.807) is 42.4 Å². The van der Waals surface area contributed by atoms with E-state index in [0.29, 0.717) is 5.69 Å². The molecular formula is C25H19ClF3N5OS. The van der Waals surface area contributed by atoms with Gasteiger partial charge in [-0.05, 0) is 54.4 Å². The van der Waals surface area contributed by atoms with Gasteiger partial charge in [0.15, 0.2) is 0 Å². The third-order valence-corrected chi connectivity index (χ3v) is 7.06. The van der Waals surface area contributed by atoms with E-state index in [1.807, 2.05) is 22.9 Å². The van der Waals surface area contributed by atoms with E-state index >= 15 is 0 Å². The quantitative estimate of drug-likeness (QED) is 0.288. The van der Waals surface area contributed by atoms with E-state index in [-0.39, 0.29) is 5.69 Å². The molecule has 0 aliphatic carbocycles. The van der Waals surface area contributed by atoms with Gasteiger partial charge >= 0.3 is 12.2 Å². The van der Waals surface area contributed by atoms with Crippen LogP contribution in [0.5, 0.6) is 0 Å². The molecule has 0 bridgehead atoms. The van der Waals surface area contributed by atoms with Crippen molar-refractivity contribution in [2.24, 2.45) is 0 Å². The summed E-state index contributed by atoms with van der Waals surface area (Å²) in [5.41, 5.74) is 3.00. The first kappa shape index (κ1) is 24.2. The first-order valence-corrected chi connectivity index (χ1v) is 12.3. The third-order valence-electron chi connectivity index (χ3n) is 5.55. The molecule has 36 heavy (non-hydrogen) atoms. The summed E-state index contributed by atoms with van der Waals surface area (Å²) in [7, 11) is 0. The summed E-state index contributed by atoms with van der Waals surface area (Å²) in [6.07, 6.45) is -0.134. The number of benzene rings is 2. The molecule has 1 aliphatic rings. The number of amides is 2. The fourth-order valence-electron chi connectivity index (χ4n) is 3.97. The number of pyridine rings is 1. The Morgan fingerprint density at radius 2 is 1.75 bits per heavy atom. The maximum Gasteiger partial charge on any atom is 0.417 e. The predicted molar refractivity (Wildman–Crippen MR) is 135 cm³/mol. The van der Waals surface area contributed by atoms with E-state index in [2.05, 4.69) is 15.6 Å². The number of hydrogen-bond acceptors (Lipinski definition) is 4. The number of nitrogens with zero attached hydrogens (tertiary/aromatic N) is 3. The Bertz CT molecular complexity index is 1430. The second-order valence-corrected chi connectivity index (χ2v) is 9.53.